The number of anilines is 2. The van der Waals surface area contributed by atoms with Gasteiger partial charge in [-0.25, -0.2) is 4.39 Å². The molecule has 2 fully saturated rings. The number of carbonyl (C=O) groups excluding carboxylic acids is 2. The largest absolute Gasteiger partial charge is 0.399 e. The van der Waals surface area contributed by atoms with Gasteiger partial charge in [0.05, 0.1) is 5.56 Å². The fourth-order valence-corrected chi connectivity index (χ4v) is 4.49. The van der Waals surface area contributed by atoms with E-state index in [0.717, 1.165) is 36.9 Å². The van der Waals surface area contributed by atoms with Gasteiger partial charge in [0.1, 0.15) is 5.82 Å². The highest BCUT2D eigenvalue weighted by Gasteiger charge is 2.30. The fraction of sp³-hybridized carbons (Fsp3) is 0.417. The normalized spacial score (nSPS) is 17.1. The van der Waals surface area contributed by atoms with Crippen LogP contribution >= 0.6 is 0 Å². The van der Waals surface area contributed by atoms with Crippen LogP contribution in [-0.2, 0) is 11.3 Å². The molecule has 0 radical (unpaired) electrons. The van der Waals surface area contributed by atoms with Crippen molar-refractivity contribution >= 4 is 23.2 Å². The lowest BCUT2D eigenvalue weighted by atomic mass is 10.1. The molecule has 0 atom stereocenters. The smallest absolute Gasteiger partial charge is 0.253 e. The summed E-state index contributed by atoms with van der Waals surface area (Å²) in [6, 6.07) is 11.4. The summed E-state index contributed by atoms with van der Waals surface area (Å²) < 4.78 is 13.1. The fourth-order valence-electron chi connectivity index (χ4n) is 4.49. The van der Waals surface area contributed by atoms with Crippen molar-refractivity contribution in [2.45, 2.75) is 32.2 Å². The van der Waals surface area contributed by atoms with Crippen LogP contribution in [0, 0.1) is 11.7 Å². The molecule has 0 aromatic heterocycles. The molecule has 2 aromatic rings. The van der Waals surface area contributed by atoms with Gasteiger partial charge in [0.15, 0.2) is 0 Å². The quantitative estimate of drug-likeness (QED) is 0.723. The van der Waals surface area contributed by atoms with E-state index in [0.29, 0.717) is 44.0 Å². The lowest BCUT2D eigenvalue weighted by molar-refractivity contribution is -0.135. The summed E-state index contributed by atoms with van der Waals surface area (Å²) >= 11 is 0. The number of nitrogens with one attached hydrogen (secondary N) is 1. The first-order valence-electron chi connectivity index (χ1n) is 11.0. The zero-order chi connectivity index (χ0) is 21.8. The van der Waals surface area contributed by atoms with Gasteiger partial charge in [-0.1, -0.05) is 25.0 Å². The average molecular weight is 425 g/mol. The summed E-state index contributed by atoms with van der Waals surface area (Å²) in [4.78, 5) is 29.7. The minimum absolute atomic E-state index is 0.191. The van der Waals surface area contributed by atoms with Crippen molar-refractivity contribution in [3.05, 3.63) is 59.4 Å². The molecule has 1 aliphatic carbocycles. The van der Waals surface area contributed by atoms with Gasteiger partial charge in [0, 0.05) is 50.0 Å². The Hall–Kier alpha value is -3.09. The predicted molar refractivity (Wildman–Crippen MR) is 119 cm³/mol. The number of benzene rings is 2. The third-order valence-electron chi connectivity index (χ3n) is 6.27. The van der Waals surface area contributed by atoms with Gasteiger partial charge in [-0.15, -0.1) is 0 Å². The molecule has 31 heavy (non-hydrogen) atoms. The predicted octanol–water partition coefficient (Wildman–Crippen LogP) is 3.18. The minimum atomic E-state index is -0.307. The second kappa shape index (κ2) is 9.37. The molecule has 0 bridgehead atoms. The lowest BCUT2D eigenvalue weighted by Gasteiger charge is -2.38. The SMILES string of the molecule is Nc1ccc(N2CCN(C(=O)C3CCCC3)CC2)c(C(=O)NCc2ccc(F)cc2)c1. The molecule has 4 rings (SSSR count). The zero-order valence-electron chi connectivity index (χ0n) is 17.6. The van der Waals surface area contributed by atoms with E-state index in [4.69, 9.17) is 5.73 Å². The second-order valence-corrected chi connectivity index (χ2v) is 8.38. The van der Waals surface area contributed by atoms with Crippen LogP contribution in [0.15, 0.2) is 42.5 Å². The van der Waals surface area contributed by atoms with Crippen molar-refractivity contribution in [3.63, 3.8) is 0 Å². The Balaban J connectivity index is 1.41. The third kappa shape index (κ3) is 4.98. The second-order valence-electron chi connectivity index (χ2n) is 8.38. The highest BCUT2D eigenvalue weighted by Crippen LogP contribution is 2.28. The molecule has 3 N–H and O–H groups in total. The van der Waals surface area contributed by atoms with E-state index in [1.807, 2.05) is 11.0 Å². The Bertz CT molecular complexity index is 933. The number of carbonyl (C=O) groups is 2. The standard InChI is InChI=1S/C24H29FN4O2/c25-19-7-5-17(6-8-19)16-27-23(30)21-15-20(26)9-10-22(21)28-11-13-29(14-12-28)24(31)18-3-1-2-4-18/h5-10,15,18H,1-4,11-14,16,26H2,(H,27,30). The summed E-state index contributed by atoms with van der Waals surface area (Å²) in [5.41, 5.74) is 8.63. The molecular weight excluding hydrogens is 395 g/mol. The van der Waals surface area contributed by atoms with Crippen molar-refractivity contribution in [1.29, 1.82) is 0 Å². The topological polar surface area (TPSA) is 78.7 Å². The van der Waals surface area contributed by atoms with Crippen molar-refractivity contribution in [2.24, 2.45) is 5.92 Å². The molecule has 0 unspecified atom stereocenters. The molecule has 7 heteroatoms. The average Bonchev–Trinajstić information content (AvgIpc) is 3.33. The minimum Gasteiger partial charge on any atom is -0.399 e. The van der Waals surface area contributed by atoms with E-state index in [2.05, 4.69) is 10.2 Å². The summed E-state index contributed by atoms with van der Waals surface area (Å²) in [7, 11) is 0. The van der Waals surface area contributed by atoms with E-state index < -0.39 is 0 Å². The molecular formula is C24H29FN4O2. The van der Waals surface area contributed by atoms with Gasteiger partial charge < -0.3 is 20.9 Å². The highest BCUT2D eigenvalue weighted by atomic mass is 19.1. The third-order valence-corrected chi connectivity index (χ3v) is 6.27. The first-order chi connectivity index (χ1) is 15.0. The number of hydrogen-bond donors (Lipinski definition) is 2. The van der Waals surface area contributed by atoms with Crippen LogP contribution in [0.25, 0.3) is 0 Å². The van der Waals surface area contributed by atoms with E-state index in [1.54, 1.807) is 24.3 Å². The Morgan fingerprint density at radius 3 is 2.35 bits per heavy atom. The number of piperazine rings is 1. The molecule has 1 saturated carbocycles. The maximum atomic E-state index is 13.1. The molecule has 2 aliphatic rings. The zero-order valence-corrected chi connectivity index (χ0v) is 17.6. The first-order valence-corrected chi connectivity index (χ1v) is 11.0. The molecule has 1 saturated heterocycles. The van der Waals surface area contributed by atoms with Gasteiger partial charge >= 0.3 is 0 Å². The number of nitrogens with zero attached hydrogens (tertiary/aromatic N) is 2. The van der Waals surface area contributed by atoms with Gasteiger partial charge in [-0.05, 0) is 48.7 Å². The summed E-state index contributed by atoms with van der Waals surface area (Å²) in [6.45, 7) is 2.99. The number of rotatable bonds is 5. The van der Waals surface area contributed by atoms with Gasteiger partial charge in [0.2, 0.25) is 5.91 Å². The highest BCUT2D eigenvalue weighted by molar-refractivity contribution is 6.00. The van der Waals surface area contributed by atoms with Crippen molar-refractivity contribution in [1.82, 2.24) is 10.2 Å². The monoisotopic (exact) mass is 424 g/mol. The summed E-state index contributed by atoms with van der Waals surface area (Å²) in [6.07, 6.45) is 4.32. The summed E-state index contributed by atoms with van der Waals surface area (Å²) in [5, 5.41) is 2.90. The molecule has 1 aliphatic heterocycles. The van der Waals surface area contributed by atoms with Crippen molar-refractivity contribution in [3.8, 4) is 0 Å². The maximum Gasteiger partial charge on any atom is 0.253 e. The van der Waals surface area contributed by atoms with Crippen molar-refractivity contribution in [2.75, 3.05) is 36.8 Å². The number of halogens is 1. The number of nitrogens with two attached hydrogens (primary N) is 1. The van der Waals surface area contributed by atoms with E-state index in [1.165, 1.54) is 12.1 Å². The Morgan fingerprint density at radius 2 is 1.68 bits per heavy atom. The first kappa shape index (κ1) is 21.2. The summed E-state index contributed by atoms with van der Waals surface area (Å²) in [5.74, 6) is -0.0579. The van der Waals surface area contributed by atoms with Crippen LogP contribution in [0.5, 0.6) is 0 Å². The van der Waals surface area contributed by atoms with Crippen LogP contribution in [0.1, 0.15) is 41.6 Å². The lowest BCUT2D eigenvalue weighted by Crippen LogP contribution is -2.50. The van der Waals surface area contributed by atoms with Gasteiger partial charge in [0.25, 0.3) is 5.91 Å². The van der Waals surface area contributed by atoms with Crippen LogP contribution in [0.4, 0.5) is 15.8 Å². The maximum absolute atomic E-state index is 13.1. The van der Waals surface area contributed by atoms with Crippen LogP contribution in [0.3, 0.4) is 0 Å². The molecule has 1 heterocycles. The molecule has 6 nitrogen and oxygen atoms in total. The molecule has 2 aromatic carbocycles. The van der Waals surface area contributed by atoms with E-state index >= 15 is 0 Å². The number of amides is 2. The Labute approximate surface area is 182 Å². The van der Waals surface area contributed by atoms with E-state index in [9.17, 15) is 14.0 Å². The Morgan fingerprint density at radius 1 is 1.00 bits per heavy atom. The number of hydrogen-bond acceptors (Lipinski definition) is 4. The molecule has 0 spiro atoms. The molecule has 164 valence electrons. The van der Waals surface area contributed by atoms with Gasteiger partial charge in [-0.3, -0.25) is 9.59 Å². The van der Waals surface area contributed by atoms with Crippen molar-refractivity contribution < 1.29 is 14.0 Å². The molecule has 2 amide bonds. The van der Waals surface area contributed by atoms with E-state index in [-0.39, 0.29) is 23.5 Å². The van der Waals surface area contributed by atoms with Crippen LogP contribution in [-0.4, -0.2) is 42.9 Å². The van der Waals surface area contributed by atoms with Crippen LogP contribution < -0.4 is 16.0 Å². The number of nitrogen functional groups attached to an aromatic ring is 1. The van der Waals surface area contributed by atoms with Crippen LogP contribution in [0.2, 0.25) is 0 Å². The van der Waals surface area contributed by atoms with Gasteiger partial charge in [-0.2, -0.15) is 0 Å². The Kier molecular flexibility index (Phi) is 6.39.